The van der Waals surface area contributed by atoms with Crippen LogP contribution in [0.1, 0.15) is 29.8 Å². The summed E-state index contributed by atoms with van der Waals surface area (Å²) in [5, 5.41) is 0. The number of halogens is 1. The summed E-state index contributed by atoms with van der Waals surface area (Å²) in [7, 11) is 0. The topological polar surface area (TPSA) is 43.9 Å². The van der Waals surface area contributed by atoms with E-state index in [2.05, 4.69) is 4.90 Å². The molecule has 2 aromatic carbocycles. The number of nitrogens with zero attached hydrogens (tertiary/aromatic N) is 3. The first-order valence-corrected chi connectivity index (χ1v) is 10.0. The van der Waals surface area contributed by atoms with Crippen molar-refractivity contribution in [3.63, 3.8) is 0 Å². The van der Waals surface area contributed by atoms with Crippen molar-refractivity contribution in [1.82, 2.24) is 9.80 Å². The number of anilines is 1. The molecule has 0 bridgehead atoms. The van der Waals surface area contributed by atoms with Gasteiger partial charge >= 0.3 is 0 Å². The lowest BCUT2D eigenvalue weighted by atomic mass is 10.1. The molecule has 2 aromatic rings. The molecule has 1 aliphatic rings. The minimum atomic E-state index is -0.366. The Hall–Kier alpha value is -2.73. The fourth-order valence-electron chi connectivity index (χ4n) is 3.60. The highest BCUT2D eigenvalue weighted by atomic mass is 19.1. The van der Waals surface area contributed by atoms with Crippen molar-refractivity contribution in [2.24, 2.45) is 0 Å². The minimum Gasteiger partial charge on any atom is -0.336 e. The Morgan fingerprint density at radius 2 is 1.69 bits per heavy atom. The molecular weight excluding hydrogens is 369 g/mol. The molecule has 1 aliphatic heterocycles. The van der Waals surface area contributed by atoms with Gasteiger partial charge in [0.05, 0.1) is 6.54 Å². The van der Waals surface area contributed by atoms with Crippen molar-refractivity contribution in [3.05, 3.63) is 65.5 Å². The molecule has 154 valence electrons. The maximum atomic E-state index is 13.8. The molecule has 1 saturated heterocycles. The lowest BCUT2D eigenvalue weighted by Crippen LogP contribution is -2.52. The van der Waals surface area contributed by atoms with E-state index in [0.717, 1.165) is 5.69 Å². The summed E-state index contributed by atoms with van der Waals surface area (Å²) in [6.07, 6.45) is 0. The Balaban J connectivity index is 1.58. The number of piperazine rings is 1. The first-order valence-electron chi connectivity index (χ1n) is 10.0. The summed E-state index contributed by atoms with van der Waals surface area (Å²) >= 11 is 0. The van der Waals surface area contributed by atoms with Gasteiger partial charge in [0.1, 0.15) is 5.82 Å². The fraction of sp³-hybridized carbons (Fsp3) is 0.391. The van der Waals surface area contributed by atoms with Crippen LogP contribution in [-0.2, 0) is 4.79 Å². The Labute approximate surface area is 171 Å². The number of hydrogen-bond donors (Lipinski definition) is 0. The van der Waals surface area contributed by atoms with Crippen molar-refractivity contribution in [2.45, 2.75) is 26.8 Å². The van der Waals surface area contributed by atoms with Crippen molar-refractivity contribution < 1.29 is 14.0 Å². The van der Waals surface area contributed by atoms with Crippen LogP contribution in [0.2, 0.25) is 0 Å². The van der Waals surface area contributed by atoms with Crippen LogP contribution in [0.15, 0.2) is 48.5 Å². The maximum Gasteiger partial charge on any atom is 0.254 e. The highest BCUT2D eigenvalue weighted by Gasteiger charge is 2.26. The monoisotopic (exact) mass is 397 g/mol. The molecule has 0 radical (unpaired) electrons. The van der Waals surface area contributed by atoms with Gasteiger partial charge in [0, 0.05) is 43.5 Å². The smallest absolute Gasteiger partial charge is 0.254 e. The third-order valence-corrected chi connectivity index (χ3v) is 5.26. The average molecular weight is 397 g/mol. The number of para-hydroxylation sites is 1. The number of aryl methyl sites for hydroxylation is 1. The van der Waals surface area contributed by atoms with E-state index in [0.29, 0.717) is 43.9 Å². The largest absolute Gasteiger partial charge is 0.336 e. The van der Waals surface area contributed by atoms with Crippen LogP contribution >= 0.6 is 0 Å². The predicted molar refractivity (Wildman–Crippen MR) is 113 cm³/mol. The van der Waals surface area contributed by atoms with Gasteiger partial charge in [-0.15, -0.1) is 0 Å². The molecule has 0 saturated carbocycles. The Morgan fingerprint density at radius 3 is 2.28 bits per heavy atom. The van der Waals surface area contributed by atoms with E-state index < -0.39 is 0 Å². The van der Waals surface area contributed by atoms with E-state index in [1.54, 1.807) is 24.0 Å². The first kappa shape index (κ1) is 21.0. The fourth-order valence-corrected chi connectivity index (χ4v) is 3.60. The van der Waals surface area contributed by atoms with Crippen LogP contribution in [0.4, 0.5) is 10.1 Å². The SMILES string of the molecule is Cc1ccc(C(=O)N2CCN(CC(=O)N(c3ccccc3)C(C)C)CC2)cc1F. The minimum absolute atomic E-state index is 0.0478. The molecule has 0 aliphatic carbocycles. The second-order valence-electron chi connectivity index (χ2n) is 7.73. The van der Waals surface area contributed by atoms with E-state index in [9.17, 15) is 14.0 Å². The molecule has 6 heteroatoms. The van der Waals surface area contributed by atoms with Crippen LogP contribution in [0.25, 0.3) is 0 Å². The molecule has 1 fully saturated rings. The van der Waals surface area contributed by atoms with E-state index in [4.69, 9.17) is 0 Å². The van der Waals surface area contributed by atoms with Crippen LogP contribution in [0.5, 0.6) is 0 Å². The lowest BCUT2D eigenvalue weighted by molar-refractivity contribution is -0.120. The Bertz CT molecular complexity index is 862. The van der Waals surface area contributed by atoms with Crippen LogP contribution in [0, 0.1) is 12.7 Å². The average Bonchev–Trinajstić information content (AvgIpc) is 2.71. The zero-order valence-corrected chi connectivity index (χ0v) is 17.3. The van der Waals surface area contributed by atoms with E-state index in [-0.39, 0.29) is 23.7 Å². The van der Waals surface area contributed by atoms with E-state index in [1.165, 1.54) is 6.07 Å². The summed E-state index contributed by atoms with van der Waals surface area (Å²) in [4.78, 5) is 31.2. The molecule has 0 N–H and O–H groups in total. The van der Waals surface area contributed by atoms with Gasteiger partial charge in [0.2, 0.25) is 5.91 Å². The lowest BCUT2D eigenvalue weighted by Gasteiger charge is -2.36. The zero-order chi connectivity index (χ0) is 21.0. The van der Waals surface area contributed by atoms with Crippen LogP contribution in [-0.4, -0.2) is 60.4 Å². The highest BCUT2D eigenvalue weighted by molar-refractivity contribution is 5.95. The third-order valence-electron chi connectivity index (χ3n) is 5.26. The van der Waals surface area contributed by atoms with Crippen molar-refractivity contribution in [3.8, 4) is 0 Å². The predicted octanol–water partition coefficient (Wildman–Crippen LogP) is 3.33. The highest BCUT2D eigenvalue weighted by Crippen LogP contribution is 2.18. The van der Waals surface area contributed by atoms with Gasteiger partial charge in [-0.2, -0.15) is 0 Å². The van der Waals surface area contributed by atoms with Gasteiger partial charge in [0.15, 0.2) is 0 Å². The molecule has 5 nitrogen and oxygen atoms in total. The molecule has 29 heavy (non-hydrogen) atoms. The Morgan fingerprint density at radius 1 is 1.03 bits per heavy atom. The second-order valence-corrected chi connectivity index (χ2v) is 7.73. The summed E-state index contributed by atoms with van der Waals surface area (Å²) in [6.45, 7) is 8.27. The maximum absolute atomic E-state index is 13.8. The number of carbonyl (C=O) groups excluding carboxylic acids is 2. The first-order chi connectivity index (χ1) is 13.9. The molecule has 0 spiro atoms. The molecule has 2 amide bonds. The van der Waals surface area contributed by atoms with Crippen LogP contribution < -0.4 is 4.90 Å². The number of carbonyl (C=O) groups is 2. The van der Waals surface area contributed by atoms with E-state index >= 15 is 0 Å². The quantitative estimate of drug-likeness (QED) is 0.777. The number of rotatable bonds is 5. The summed E-state index contributed by atoms with van der Waals surface area (Å²) in [5.41, 5.74) is 1.79. The van der Waals surface area contributed by atoms with Gasteiger partial charge in [-0.3, -0.25) is 14.5 Å². The zero-order valence-electron chi connectivity index (χ0n) is 17.3. The second kappa shape index (κ2) is 9.18. The molecule has 0 aromatic heterocycles. The standard InChI is InChI=1S/C23H28FN3O2/c1-17(2)27(20-7-5-4-6-8-20)22(28)16-25-11-13-26(14-12-25)23(29)19-10-9-18(3)21(24)15-19/h4-10,15,17H,11-14,16H2,1-3H3. The van der Waals surface area contributed by atoms with Crippen molar-refractivity contribution in [2.75, 3.05) is 37.6 Å². The molecule has 1 heterocycles. The molecule has 0 atom stereocenters. The molecular formula is C23H28FN3O2. The number of benzene rings is 2. The van der Waals surface area contributed by atoms with Crippen molar-refractivity contribution in [1.29, 1.82) is 0 Å². The van der Waals surface area contributed by atoms with E-state index in [1.807, 2.05) is 49.1 Å². The third kappa shape index (κ3) is 5.01. The molecule has 0 unspecified atom stereocenters. The summed E-state index contributed by atoms with van der Waals surface area (Å²) < 4.78 is 13.8. The van der Waals surface area contributed by atoms with Gasteiger partial charge in [-0.1, -0.05) is 24.3 Å². The number of amides is 2. The van der Waals surface area contributed by atoms with Crippen LogP contribution in [0.3, 0.4) is 0 Å². The van der Waals surface area contributed by atoms with Gasteiger partial charge in [-0.05, 0) is 50.6 Å². The molecule has 3 rings (SSSR count). The normalized spacial score (nSPS) is 14.9. The van der Waals surface area contributed by atoms with Gasteiger partial charge in [-0.25, -0.2) is 4.39 Å². The summed E-state index contributed by atoms with van der Waals surface area (Å²) in [5.74, 6) is -0.482. The van der Waals surface area contributed by atoms with Crippen molar-refractivity contribution >= 4 is 17.5 Å². The van der Waals surface area contributed by atoms with Gasteiger partial charge < -0.3 is 9.80 Å². The van der Waals surface area contributed by atoms with Gasteiger partial charge in [0.25, 0.3) is 5.91 Å². The number of hydrogen-bond acceptors (Lipinski definition) is 3. The summed E-state index contributed by atoms with van der Waals surface area (Å²) in [6, 6.07) is 14.3. The Kier molecular flexibility index (Phi) is 6.64.